The SMILES string of the molecule is O=C(CCCn1cccn1)NC[C@@H]1CC[C@H](CC(=O)NC2CCC2)N1CC1CC1. The number of nitrogens with one attached hydrogen (secondary N) is 2. The van der Waals surface area contributed by atoms with E-state index in [1.165, 1.54) is 19.3 Å². The fourth-order valence-corrected chi connectivity index (χ4v) is 4.56. The van der Waals surface area contributed by atoms with Gasteiger partial charge in [0.1, 0.15) is 0 Å². The van der Waals surface area contributed by atoms with Gasteiger partial charge in [0, 0.05) is 63.0 Å². The number of amides is 2. The zero-order chi connectivity index (χ0) is 20.1. The number of carbonyl (C=O) groups excluding carboxylic acids is 2. The van der Waals surface area contributed by atoms with Crippen LogP contribution >= 0.6 is 0 Å². The summed E-state index contributed by atoms with van der Waals surface area (Å²) >= 11 is 0. The van der Waals surface area contributed by atoms with E-state index in [0.29, 0.717) is 37.5 Å². The Balaban J connectivity index is 1.20. The number of hydrogen-bond donors (Lipinski definition) is 2. The van der Waals surface area contributed by atoms with Crippen molar-refractivity contribution in [2.24, 2.45) is 5.92 Å². The van der Waals surface area contributed by atoms with E-state index in [0.717, 1.165) is 51.1 Å². The van der Waals surface area contributed by atoms with Crippen LogP contribution in [0.1, 0.15) is 64.2 Å². The van der Waals surface area contributed by atoms with Crippen LogP contribution < -0.4 is 10.6 Å². The number of rotatable bonds is 11. The summed E-state index contributed by atoms with van der Waals surface area (Å²) in [7, 11) is 0. The molecule has 2 atom stereocenters. The molecule has 29 heavy (non-hydrogen) atoms. The molecule has 2 heterocycles. The van der Waals surface area contributed by atoms with E-state index in [2.05, 4.69) is 20.6 Å². The predicted octanol–water partition coefficient (Wildman–Crippen LogP) is 2.08. The van der Waals surface area contributed by atoms with Gasteiger partial charge in [0.05, 0.1) is 0 Å². The minimum absolute atomic E-state index is 0.120. The second kappa shape index (κ2) is 9.74. The monoisotopic (exact) mass is 401 g/mol. The normalized spacial score (nSPS) is 25.0. The van der Waals surface area contributed by atoms with Crippen LogP contribution in [0.3, 0.4) is 0 Å². The Bertz CT molecular complexity index is 669. The van der Waals surface area contributed by atoms with Crippen LogP contribution in [0.5, 0.6) is 0 Å². The van der Waals surface area contributed by atoms with Crippen molar-refractivity contribution >= 4 is 11.8 Å². The van der Waals surface area contributed by atoms with Crippen LogP contribution in [-0.4, -0.2) is 57.7 Å². The first kappa shape index (κ1) is 20.4. The third-order valence-electron chi connectivity index (χ3n) is 6.71. The minimum atomic E-state index is 0.120. The molecule has 0 unspecified atom stereocenters. The van der Waals surface area contributed by atoms with Gasteiger partial charge in [-0.15, -0.1) is 0 Å². The summed E-state index contributed by atoms with van der Waals surface area (Å²) in [5.41, 5.74) is 0. The maximum atomic E-state index is 12.4. The second-order valence-corrected chi connectivity index (χ2v) is 9.10. The summed E-state index contributed by atoms with van der Waals surface area (Å²) < 4.78 is 1.86. The molecule has 7 nitrogen and oxygen atoms in total. The number of aryl methyl sites for hydroxylation is 1. The molecule has 3 fully saturated rings. The molecule has 0 radical (unpaired) electrons. The second-order valence-electron chi connectivity index (χ2n) is 9.10. The van der Waals surface area contributed by atoms with Crippen LogP contribution in [-0.2, 0) is 16.1 Å². The molecule has 1 aliphatic heterocycles. The lowest BCUT2D eigenvalue weighted by molar-refractivity contribution is -0.124. The maximum absolute atomic E-state index is 12.4. The lowest BCUT2D eigenvalue weighted by atomic mass is 9.93. The first-order chi connectivity index (χ1) is 14.2. The van der Waals surface area contributed by atoms with E-state index >= 15 is 0 Å². The summed E-state index contributed by atoms with van der Waals surface area (Å²) in [6.45, 7) is 2.56. The Morgan fingerprint density at radius 3 is 2.55 bits per heavy atom. The van der Waals surface area contributed by atoms with Crippen LogP contribution in [0, 0.1) is 5.92 Å². The number of nitrogens with zero attached hydrogens (tertiary/aromatic N) is 3. The van der Waals surface area contributed by atoms with Crippen LogP contribution in [0.2, 0.25) is 0 Å². The van der Waals surface area contributed by atoms with Crippen molar-refractivity contribution in [3.8, 4) is 0 Å². The van der Waals surface area contributed by atoms with Gasteiger partial charge in [0.2, 0.25) is 11.8 Å². The van der Waals surface area contributed by atoms with Crippen molar-refractivity contribution in [3.05, 3.63) is 18.5 Å². The molecule has 3 aliphatic rings. The Kier molecular flexibility index (Phi) is 6.85. The van der Waals surface area contributed by atoms with E-state index < -0.39 is 0 Å². The highest BCUT2D eigenvalue weighted by atomic mass is 16.2. The third kappa shape index (κ3) is 6.04. The van der Waals surface area contributed by atoms with Crippen molar-refractivity contribution in [1.29, 1.82) is 0 Å². The van der Waals surface area contributed by atoms with Gasteiger partial charge in [-0.3, -0.25) is 19.2 Å². The van der Waals surface area contributed by atoms with Crippen molar-refractivity contribution in [2.75, 3.05) is 13.1 Å². The maximum Gasteiger partial charge on any atom is 0.221 e. The predicted molar refractivity (Wildman–Crippen MR) is 111 cm³/mol. The number of carbonyl (C=O) groups is 2. The summed E-state index contributed by atoms with van der Waals surface area (Å²) in [6.07, 6.45) is 13.9. The quantitative estimate of drug-likeness (QED) is 0.595. The zero-order valence-corrected chi connectivity index (χ0v) is 17.4. The number of hydrogen-bond acceptors (Lipinski definition) is 4. The number of aromatic nitrogens is 2. The average molecular weight is 402 g/mol. The highest BCUT2D eigenvalue weighted by Crippen LogP contribution is 2.35. The number of likely N-dealkylation sites (tertiary alicyclic amines) is 1. The zero-order valence-electron chi connectivity index (χ0n) is 17.4. The minimum Gasteiger partial charge on any atom is -0.355 e. The molecule has 0 aromatic carbocycles. The molecule has 1 aromatic heterocycles. The van der Waals surface area contributed by atoms with Gasteiger partial charge < -0.3 is 10.6 Å². The molecule has 1 aromatic rings. The Morgan fingerprint density at radius 2 is 1.86 bits per heavy atom. The lowest BCUT2D eigenvalue weighted by Crippen LogP contribution is -2.47. The first-order valence-corrected chi connectivity index (χ1v) is 11.5. The molecule has 2 aliphatic carbocycles. The molecule has 1 saturated heterocycles. The van der Waals surface area contributed by atoms with Gasteiger partial charge in [-0.25, -0.2) is 0 Å². The summed E-state index contributed by atoms with van der Waals surface area (Å²) in [6, 6.07) is 3.01. The van der Waals surface area contributed by atoms with Gasteiger partial charge in [-0.2, -0.15) is 5.10 Å². The van der Waals surface area contributed by atoms with Gasteiger partial charge in [-0.05, 0) is 63.4 Å². The van der Waals surface area contributed by atoms with E-state index in [9.17, 15) is 9.59 Å². The Labute approximate surface area is 173 Å². The van der Waals surface area contributed by atoms with Crippen LogP contribution in [0.25, 0.3) is 0 Å². The van der Waals surface area contributed by atoms with E-state index in [4.69, 9.17) is 0 Å². The van der Waals surface area contributed by atoms with Crippen molar-refractivity contribution < 1.29 is 9.59 Å². The molecule has 0 spiro atoms. The lowest BCUT2D eigenvalue weighted by Gasteiger charge is -2.31. The summed E-state index contributed by atoms with van der Waals surface area (Å²) in [5, 5.41) is 10.5. The Morgan fingerprint density at radius 1 is 1.03 bits per heavy atom. The molecular weight excluding hydrogens is 366 g/mol. The Hall–Kier alpha value is -1.89. The van der Waals surface area contributed by atoms with Crippen LogP contribution in [0.15, 0.2) is 18.5 Å². The molecule has 160 valence electrons. The molecule has 2 N–H and O–H groups in total. The molecule has 0 bridgehead atoms. The van der Waals surface area contributed by atoms with E-state index in [-0.39, 0.29) is 11.8 Å². The van der Waals surface area contributed by atoms with Crippen LogP contribution in [0.4, 0.5) is 0 Å². The summed E-state index contributed by atoms with van der Waals surface area (Å²) in [5.74, 6) is 1.12. The topological polar surface area (TPSA) is 79.3 Å². The smallest absolute Gasteiger partial charge is 0.221 e. The molecular formula is C22H35N5O2. The van der Waals surface area contributed by atoms with Crippen molar-refractivity contribution in [3.63, 3.8) is 0 Å². The fourth-order valence-electron chi connectivity index (χ4n) is 4.56. The van der Waals surface area contributed by atoms with Crippen molar-refractivity contribution in [1.82, 2.24) is 25.3 Å². The highest BCUT2D eigenvalue weighted by Gasteiger charge is 2.38. The summed E-state index contributed by atoms with van der Waals surface area (Å²) in [4.78, 5) is 27.2. The van der Waals surface area contributed by atoms with Crippen molar-refractivity contribution in [2.45, 2.75) is 88.9 Å². The van der Waals surface area contributed by atoms with E-state index in [1.807, 2.05) is 16.9 Å². The van der Waals surface area contributed by atoms with Gasteiger partial charge in [0.15, 0.2) is 0 Å². The highest BCUT2D eigenvalue weighted by molar-refractivity contribution is 5.77. The molecule has 2 saturated carbocycles. The third-order valence-corrected chi connectivity index (χ3v) is 6.71. The molecule has 7 heteroatoms. The van der Waals surface area contributed by atoms with Gasteiger partial charge in [0.25, 0.3) is 0 Å². The van der Waals surface area contributed by atoms with E-state index in [1.54, 1.807) is 6.20 Å². The average Bonchev–Trinajstić information content (AvgIpc) is 3.19. The molecule has 2 amide bonds. The fraction of sp³-hybridized carbons (Fsp3) is 0.773. The first-order valence-electron chi connectivity index (χ1n) is 11.5. The molecule has 4 rings (SSSR count). The van der Waals surface area contributed by atoms with Gasteiger partial charge >= 0.3 is 0 Å². The largest absolute Gasteiger partial charge is 0.355 e. The van der Waals surface area contributed by atoms with Gasteiger partial charge in [-0.1, -0.05) is 0 Å². The standard InChI is InChI=1S/C22H35N5O2/c28-21(6-2-12-26-13-3-11-24-26)23-15-20-10-9-19(27(20)16-17-7-8-17)14-22(29)25-18-4-1-5-18/h3,11,13,17-20H,1-2,4-10,12,14-16H2,(H,23,28)(H,25,29)/t19-,20+/m1/s1.